The van der Waals surface area contributed by atoms with E-state index in [2.05, 4.69) is 15.5 Å². The van der Waals surface area contributed by atoms with Crippen molar-refractivity contribution >= 4 is 0 Å². The van der Waals surface area contributed by atoms with Crippen LogP contribution in [-0.4, -0.2) is 27.9 Å². The van der Waals surface area contributed by atoms with E-state index in [4.69, 9.17) is 0 Å². The number of hydrogen-bond donors (Lipinski definition) is 2. The molecule has 19 heavy (non-hydrogen) atoms. The molecule has 1 aromatic heterocycles. The van der Waals surface area contributed by atoms with Crippen LogP contribution in [-0.2, 0) is 0 Å². The molecule has 0 bridgehead atoms. The summed E-state index contributed by atoms with van der Waals surface area (Å²) in [5.41, 5.74) is 0.355. The lowest BCUT2D eigenvalue weighted by Crippen LogP contribution is -2.31. The van der Waals surface area contributed by atoms with Crippen LogP contribution >= 0.6 is 0 Å². The highest BCUT2D eigenvalue weighted by molar-refractivity contribution is 5.33. The first-order valence-electron chi connectivity index (χ1n) is 6.39. The third-order valence-electron chi connectivity index (χ3n) is 3.45. The van der Waals surface area contributed by atoms with Gasteiger partial charge in [-0.1, -0.05) is 0 Å². The van der Waals surface area contributed by atoms with Gasteiger partial charge in [-0.05, 0) is 43.7 Å². The maximum absolute atomic E-state index is 13.0. The molecule has 6 heteroatoms. The first-order valence-corrected chi connectivity index (χ1v) is 6.39. The first kappa shape index (κ1) is 12.1. The van der Waals surface area contributed by atoms with Gasteiger partial charge in [-0.3, -0.25) is 0 Å². The number of aromatic nitrogens is 3. The largest absolute Gasteiger partial charge is 0.347 e. The summed E-state index contributed by atoms with van der Waals surface area (Å²) >= 11 is 0. The van der Waals surface area contributed by atoms with Gasteiger partial charge in [-0.2, -0.15) is 5.10 Å². The minimum Gasteiger partial charge on any atom is -0.316 e. The highest BCUT2D eigenvalue weighted by atomic mass is 19.1. The van der Waals surface area contributed by atoms with Crippen molar-refractivity contribution in [2.45, 2.75) is 18.8 Å². The Balaban J connectivity index is 2.02. The van der Waals surface area contributed by atoms with E-state index in [1.165, 1.54) is 16.7 Å². The Labute approximate surface area is 109 Å². The van der Waals surface area contributed by atoms with Crippen LogP contribution in [0.3, 0.4) is 0 Å². The van der Waals surface area contributed by atoms with Crippen LogP contribution in [0.5, 0.6) is 0 Å². The van der Waals surface area contributed by atoms with Crippen molar-refractivity contribution in [3.63, 3.8) is 0 Å². The maximum Gasteiger partial charge on any atom is 0.347 e. The quantitative estimate of drug-likeness (QED) is 0.854. The average molecular weight is 262 g/mol. The van der Waals surface area contributed by atoms with E-state index in [1.54, 1.807) is 12.1 Å². The molecule has 0 saturated carbocycles. The number of halogens is 1. The highest BCUT2D eigenvalue weighted by Crippen LogP contribution is 2.22. The lowest BCUT2D eigenvalue weighted by atomic mass is 9.99. The third-order valence-corrected chi connectivity index (χ3v) is 3.45. The van der Waals surface area contributed by atoms with Crippen molar-refractivity contribution < 1.29 is 4.39 Å². The molecule has 0 aliphatic carbocycles. The van der Waals surface area contributed by atoms with E-state index in [1.807, 2.05) is 0 Å². The number of hydrogen-bond acceptors (Lipinski definition) is 3. The summed E-state index contributed by atoms with van der Waals surface area (Å²) in [6.45, 7) is 1.81. The molecule has 1 aromatic carbocycles. The molecule has 100 valence electrons. The van der Waals surface area contributed by atoms with Crippen molar-refractivity contribution in [3.05, 3.63) is 46.4 Å². The van der Waals surface area contributed by atoms with Crippen LogP contribution in [0.2, 0.25) is 0 Å². The fourth-order valence-electron chi connectivity index (χ4n) is 2.49. The number of aromatic amines is 1. The Morgan fingerprint density at radius 1 is 1.32 bits per heavy atom. The van der Waals surface area contributed by atoms with Gasteiger partial charge in [0.25, 0.3) is 0 Å². The molecule has 1 atom stereocenters. The molecule has 0 spiro atoms. The lowest BCUT2D eigenvalue weighted by molar-refractivity contribution is 0.442. The highest BCUT2D eigenvalue weighted by Gasteiger charge is 2.22. The molecule has 1 fully saturated rings. The van der Waals surface area contributed by atoms with Gasteiger partial charge >= 0.3 is 5.69 Å². The summed E-state index contributed by atoms with van der Waals surface area (Å²) in [4.78, 5) is 11.9. The molecule has 1 unspecified atom stereocenters. The van der Waals surface area contributed by atoms with E-state index in [9.17, 15) is 9.18 Å². The van der Waals surface area contributed by atoms with Gasteiger partial charge < -0.3 is 5.32 Å². The van der Waals surface area contributed by atoms with E-state index in [-0.39, 0.29) is 17.4 Å². The zero-order valence-electron chi connectivity index (χ0n) is 10.4. The number of nitrogens with one attached hydrogen (secondary N) is 2. The monoisotopic (exact) mass is 262 g/mol. The second kappa shape index (κ2) is 4.97. The van der Waals surface area contributed by atoms with Crippen LogP contribution in [0.1, 0.15) is 24.6 Å². The van der Waals surface area contributed by atoms with E-state index < -0.39 is 0 Å². The van der Waals surface area contributed by atoms with Crippen molar-refractivity contribution in [1.82, 2.24) is 20.1 Å². The van der Waals surface area contributed by atoms with Crippen LogP contribution < -0.4 is 11.0 Å². The van der Waals surface area contributed by atoms with Gasteiger partial charge in [0.1, 0.15) is 11.6 Å². The second-order valence-electron chi connectivity index (χ2n) is 4.74. The minimum absolute atomic E-state index is 0.206. The molecule has 2 heterocycles. The minimum atomic E-state index is -0.318. The van der Waals surface area contributed by atoms with Crippen LogP contribution in [0.25, 0.3) is 5.69 Å². The van der Waals surface area contributed by atoms with E-state index in [0.717, 1.165) is 25.9 Å². The number of benzene rings is 1. The Kier molecular flexibility index (Phi) is 3.16. The zero-order chi connectivity index (χ0) is 13.2. The van der Waals surface area contributed by atoms with Gasteiger partial charge in [-0.15, -0.1) is 0 Å². The SMILES string of the molecule is O=c1[nH]nc(C2CCCNC2)n1-c1ccc(F)cc1. The second-order valence-corrected chi connectivity index (χ2v) is 4.74. The fourth-order valence-corrected chi connectivity index (χ4v) is 2.49. The van der Waals surface area contributed by atoms with E-state index in [0.29, 0.717) is 11.5 Å². The van der Waals surface area contributed by atoms with Gasteiger partial charge in [-0.25, -0.2) is 18.9 Å². The normalized spacial score (nSPS) is 19.5. The van der Waals surface area contributed by atoms with Gasteiger partial charge in [0.2, 0.25) is 0 Å². The molecule has 0 amide bonds. The molecule has 0 radical (unpaired) electrons. The molecule has 1 saturated heterocycles. The smallest absolute Gasteiger partial charge is 0.316 e. The lowest BCUT2D eigenvalue weighted by Gasteiger charge is -2.22. The zero-order valence-corrected chi connectivity index (χ0v) is 10.4. The van der Waals surface area contributed by atoms with Crippen LogP contribution in [0.4, 0.5) is 4.39 Å². The molecule has 1 aliphatic heterocycles. The molecular formula is C13H15FN4O. The summed E-state index contributed by atoms with van der Waals surface area (Å²) in [5.74, 6) is 0.600. The van der Waals surface area contributed by atoms with Crippen molar-refractivity contribution in [1.29, 1.82) is 0 Å². The summed E-state index contributed by atoms with van der Waals surface area (Å²) in [7, 11) is 0. The first-order chi connectivity index (χ1) is 9.25. The standard InChI is InChI=1S/C13H15FN4O/c14-10-3-5-11(6-4-10)18-12(16-17-13(18)19)9-2-1-7-15-8-9/h3-6,9,15H,1-2,7-8H2,(H,17,19). The fraction of sp³-hybridized carbons (Fsp3) is 0.385. The summed E-state index contributed by atoms with van der Waals surface area (Å²) < 4.78 is 14.5. The average Bonchev–Trinajstić information content (AvgIpc) is 2.83. The van der Waals surface area contributed by atoms with Crippen LogP contribution in [0.15, 0.2) is 29.1 Å². The summed E-state index contributed by atoms with van der Waals surface area (Å²) in [6, 6.07) is 5.87. The Morgan fingerprint density at radius 3 is 2.79 bits per heavy atom. The molecule has 5 nitrogen and oxygen atoms in total. The van der Waals surface area contributed by atoms with Gasteiger partial charge in [0, 0.05) is 12.5 Å². The Morgan fingerprint density at radius 2 is 2.11 bits per heavy atom. The van der Waals surface area contributed by atoms with Gasteiger partial charge in [0.05, 0.1) is 5.69 Å². The number of nitrogens with zero attached hydrogens (tertiary/aromatic N) is 2. The number of H-pyrrole nitrogens is 1. The Hall–Kier alpha value is -1.95. The summed E-state index contributed by atoms with van der Waals surface area (Å²) in [6.07, 6.45) is 2.06. The molecular weight excluding hydrogens is 247 g/mol. The van der Waals surface area contributed by atoms with Gasteiger partial charge in [0.15, 0.2) is 0 Å². The number of piperidine rings is 1. The maximum atomic E-state index is 13.0. The molecule has 1 aliphatic rings. The third kappa shape index (κ3) is 2.31. The topological polar surface area (TPSA) is 62.7 Å². The van der Waals surface area contributed by atoms with Crippen molar-refractivity contribution in [2.75, 3.05) is 13.1 Å². The van der Waals surface area contributed by atoms with Crippen molar-refractivity contribution in [3.8, 4) is 5.69 Å². The Bertz CT molecular complexity index is 610. The molecule has 2 N–H and O–H groups in total. The summed E-state index contributed by atoms with van der Waals surface area (Å²) in [5, 5.41) is 9.91. The number of rotatable bonds is 2. The molecule has 2 aromatic rings. The molecule has 3 rings (SSSR count). The van der Waals surface area contributed by atoms with Crippen molar-refractivity contribution in [2.24, 2.45) is 0 Å². The predicted octanol–water partition coefficient (Wildman–Crippen LogP) is 1.17. The van der Waals surface area contributed by atoms with E-state index >= 15 is 0 Å². The van der Waals surface area contributed by atoms with Crippen LogP contribution in [0, 0.1) is 5.82 Å². The predicted molar refractivity (Wildman–Crippen MR) is 69.0 cm³/mol.